The number of nitrogens with two attached hydrogens (primary N) is 1. The van der Waals surface area contributed by atoms with E-state index >= 15 is 0 Å². The summed E-state index contributed by atoms with van der Waals surface area (Å²) in [4.78, 5) is 0. The molecule has 0 aliphatic rings. The summed E-state index contributed by atoms with van der Waals surface area (Å²) in [5, 5.41) is 9.10. The van der Waals surface area contributed by atoms with Crippen LogP contribution in [0.25, 0.3) is 0 Å². The van der Waals surface area contributed by atoms with Crippen LogP contribution >= 0.6 is 0 Å². The Bertz CT molecular complexity index is 271. The number of phenols is 1. The van der Waals surface area contributed by atoms with Crippen LogP contribution in [0.15, 0.2) is 18.2 Å². The maximum atomic E-state index is 9.10. The molecule has 3 N–H and O–H groups in total. The number of hydrogen-bond acceptors (Lipinski definition) is 3. The Morgan fingerprint density at radius 2 is 2.08 bits per heavy atom. The van der Waals surface area contributed by atoms with Crippen molar-refractivity contribution in [3.05, 3.63) is 18.2 Å². The molecule has 0 heterocycles. The van der Waals surface area contributed by atoms with E-state index in [1.54, 1.807) is 12.1 Å². The van der Waals surface area contributed by atoms with Gasteiger partial charge < -0.3 is 15.6 Å². The van der Waals surface area contributed by atoms with Gasteiger partial charge in [0.15, 0.2) is 0 Å². The molecule has 0 aliphatic carbocycles. The molecule has 12 heavy (non-hydrogen) atoms. The standard InChI is InChI=1S/C9H13NO2/c1-6(2)12-7-3-4-9(11)8(10)5-7/h3-6,11H,10H2,1-2H3. The molecule has 0 spiro atoms. The number of rotatable bonds is 2. The van der Waals surface area contributed by atoms with Gasteiger partial charge in [-0.2, -0.15) is 0 Å². The van der Waals surface area contributed by atoms with Crippen LogP contribution in [0.2, 0.25) is 0 Å². The van der Waals surface area contributed by atoms with Gasteiger partial charge in [-0.3, -0.25) is 0 Å². The summed E-state index contributed by atoms with van der Waals surface area (Å²) in [6.07, 6.45) is 0.119. The van der Waals surface area contributed by atoms with E-state index in [1.165, 1.54) is 6.07 Å². The first-order chi connectivity index (χ1) is 5.59. The van der Waals surface area contributed by atoms with E-state index in [0.717, 1.165) is 0 Å². The third-order valence-corrected chi connectivity index (χ3v) is 1.37. The monoisotopic (exact) mass is 167 g/mol. The van der Waals surface area contributed by atoms with Gasteiger partial charge in [-0.15, -0.1) is 0 Å². The molecule has 0 saturated carbocycles. The first kappa shape index (κ1) is 8.71. The van der Waals surface area contributed by atoms with Crippen LogP contribution in [0.5, 0.6) is 11.5 Å². The summed E-state index contributed by atoms with van der Waals surface area (Å²) in [7, 11) is 0. The average molecular weight is 167 g/mol. The zero-order valence-electron chi connectivity index (χ0n) is 7.24. The van der Waals surface area contributed by atoms with Crippen LogP contribution in [0.3, 0.4) is 0 Å². The Morgan fingerprint density at radius 3 is 2.58 bits per heavy atom. The normalized spacial score (nSPS) is 10.2. The Kier molecular flexibility index (Phi) is 2.43. The van der Waals surface area contributed by atoms with Crippen molar-refractivity contribution in [2.24, 2.45) is 0 Å². The molecular weight excluding hydrogens is 154 g/mol. The molecule has 66 valence electrons. The summed E-state index contributed by atoms with van der Waals surface area (Å²) >= 11 is 0. The van der Waals surface area contributed by atoms with Gasteiger partial charge in [-0.05, 0) is 26.0 Å². The van der Waals surface area contributed by atoms with Gasteiger partial charge in [-0.1, -0.05) is 0 Å². The highest BCUT2D eigenvalue weighted by Gasteiger charge is 2.00. The molecule has 0 aromatic heterocycles. The van der Waals surface area contributed by atoms with Gasteiger partial charge in [0.05, 0.1) is 11.8 Å². The fourth-order valence-corrected chi connectivity index (χ4v) is 0.878. The summed E-state index contributed by atoms with van der Waals surface area (Å²) in [5.74, 6) is 0.770. The van der Waals surface area contributed by atoms with Crippen LogP contribution < -0.4 is 10.5 Å². The maximum absolute atomic E-state index is 9.10. The van der Waals surface area contributed by atoms with Crippen molar-refractivity contribution in [1.29, 1.82) is 0 Å². The first-order valence-electron chi connectivity index (χ1n) is 3.84. The predicted molar refractivity (Wildman–Crippen MR) is 48.3 cm³/mol. The lowest BCUT2D eigenvalue weighted by Gasteiger charge is -2.10. The average Bonchev–Trinajstić information content (AvgIpc) is 1.96. The molecule has 0 unspecified atom stereocenters. The SMILES string of the molecule is CC(C)Oc1ccc(O)c(N)c1. The van der Waals surface area contributed by atoms with Crippen LogP contribution in [-0.4, -0.2) is 11.2 Å². The number of aromatic hydroxyl groups is 1. The van der Waals surface area contributed by atoms with Gasteiger partial charge in [0.25, 0.3) is 0 Å². The molecule has 1 aromatic rings. The smallest absolute Gasteiger partial charge is 0.138 e. The highest BCUT2D eigenvalue weighted by Crippen LogP contribution is 2.25. The quantitative estimate of drug-likeness (QED) is 0.521. The zero-order chi connectivity index (χ0) is 9.14. The molecule has 3 heteroatoms. The third kappa shape index (κ3) is 2.05. The van der Waals surface area contributed by atoms with Crippen LogP contribution in [0, 0.1) is 0 Å². The minimum atomic E-state index is 0.0890. The number of phenolic OH excluding ortho intramolecular Hbond substituents is 1. The van der Waals surface area contributed by atoms with E-state index in [4.69, 9.17) is 15.6 Å². The Hall–Kier alpha value is -1.38. The second-order valence-electron chi connectivity index (χ2n) is 2.89. The van der Waals surface area contributed by atoms with E-state index in [0.29, 0.717) is 11.4 Å². The number of benzene rings is 1. The summed E-state index contributed by atoms with van der Waals surface area (Å²) in [6, 6.07) is 4.81. The van der Waals surface area contributed by atoms with Crippen molar-refractivity contribution in [2.45, 2.75) is 20.0 Å². The van der Waals surface area contributed by atoms with Gasteiger partial charge in [0.1, 0.15) is 11.5 Å². The van der Waals surface area contributed by atoms with Gasteiger partial charge in [0.2, 0.25) is 0 Å². The van der Waals surface area contributed by atoms with Gasteiger partial charge in [-0.25, -0.2) is 0 Å². The highest BCUT2D eigenvalue weighted by atomic mass is 16.5. The fourth-order valence-electron chi connectivity index (χ4n) is 0.878. The summed E-state index contributed by atoms with van der Waals surface area (Å²) in [6.45, 7) is 3.87. The molecule has 0 aliphatic heterocycles. The van der Waals surface area contributed by atoms with Crippen molar-refractivity contribution in [1.82, 2.24) is 0 Å². The topological polar surface area (TPSA) is 55.5 Å². The van der Waals surface area contributed by atoms with E-state index in [9.17, 15) is 0 Å². The lowest BCUT2D eigenvalue weighted by molar-refractivity contribution is 0.242. The van der Waals surface area contributed by atoms with Crippen molar-refractivity contribution in [3.8, 4) is 11.5 Å². The number of hydrogen-bond donors (Lipinski definition) is 2. The largest absolute Gasteiger partial charge is 0.506 e. The van der Waals surface area contributed by atoms with Crippen molar-refractivity contribution >= 4 is 5.69 Å². The van der Waals surface area contributed by atoms with Crippen LogP contribution in [0.1, 0.15) is 13.8 Å². The zero-order valence-corrected chi connectivity index (χ0v) is 7.24. The molecular formula is C9H13NO2. The predicted octanol–water partition coefficient (Wildman–Crippen LogP) is 1.76. The van der Waals surface area contributed by atoms with Crippen LogP contribution in [-0.2, 0) is 0 Å². The van der Waals surface area contributed by atoms with E-state index in [1.807, 2.05) is 13.8 Å². The van der Waals surface area contributed by atoms with Gasteiger partial charge >= 0.3 is 0 Å². The number of anilines is 1. The maximum Gasteiger partial charge on any atom is 0.138 e. The molecule has 1 rings (SSSR count). The second kappa shape index (κ2) is 3.34. The molecule has 3 nitrogen and oxygen atoms in total. The molecule has 0 fully saturated rings. The lowest BCUT2D eigenvalue weighted by Crippen LogP contribution is -2.05. The molecule has 0 saturated heterocycles. The van der Waals surface area contributed by atoms with Crippen molar-refractivity contribution in [2.75, 3.05) is 5.73 Å². The lowest BCUT2D eigenvalue weighted by atomic mass is 10.3. The van der Waals surface area contributed by atoms with Crippen molar-refractivity contribution in [3.63, 3.8) is 0 Å². The molecule has 0 bridgehead atoms. The summed E-state index contributed by atoms with van der Waals surface area (Å²) < 4.78 is 5.36. The van der Waals surface area contributed by atoms with Gasteiger partial charge in [0, 0.05) is 6.07 Å². The highest BCUT2D eigenvalue weighted by molar-refractivity contribution is 5.55. The molecule has 1 aromatic carbocycles. The minimum Gasteiger partial charge on any atom is -0.506 e. The van der Waals surface area contributed by atoms with E-state index in [-0.39, 0.29) is 11.9 Å². The number of nitrogen functional groups attached to an aromatic ring is 1. The summed E-state index contributed by atoms with van der Waals surface area (Å²) in [5.41, 5.74) is 5.81. The number of ether oxygens (including phenoxy) is 1. The van der Waals surface area contributed by atoms with Crippen molar-refractivity contribution < 1.29 is 9.84 Å². The van der Waals surface area contributed by atoms with Crippen LogP contribution in [0.4, 0.5) is 5.69 Å². The minimum absolute atomic E-state index is 0.0890. The fraction of sp³-hybridized carbons (Fsp3) is 0.333. The Labute approximate surface area is 71.8 Å². The van der Waals surface area contributed by atoms with E-state index in [2.05, 4.69) is 0 Å². The molecule has 0 atom stereocenters. The second-order valence-corrected chi connectivity index (χ2v) is 2.89. The first-order valence-corrected chi connectivity index (χ1v) is 3.84. The Balaban J connectivity index is 2.82. The Morgan fingerprint density at radius 1 is 1.42 bits per heavy atom. The molecule has 0 amide bonds. The third-order valence-electron chi connectivity index (χ3n) is 1.37. The van der Waals surface area contributed by atoms with E-state index < -0.39 is 0 Å². The molecule has 0 radical (unpaired) electrons.